The normalized spacial score (nSPS) is 11.5. The summed E-state index contributed by atoms with van der Waals surface area (Å²) in [6.45, 7) is 10.8. The molecule has 1 aromatic heterocycles. The van der Waals surface area contributed by atoms with E-state index in [-0.39, 0.29) is 5.41 Å². The lowest BCUT2D eigenvalue weighted by atomic mass is 9.86. The van der Waals surface area contributed by atoms with E-state index in [1.54, 1.807) is 0 Å². The molecule has 0 fully saturated rings. The number of hydrogen-bond acceptors (Lipinski definition) is 2. The number of hydrogen-bond donors (Lipinski definition) is 1. The second-order valence-corrected chi connectivity index (χ2v) is 7.02. The minimum absolute atomic E-state index is 0.176. The number of nitrogens with one attached hydrogen (secondary N) is 1. The first-order chi connectivity index (χ1) is 9.27. The third-order valence-corrected chi connectivity index (χ3v) is 4.21. The van der Waals surface area contributed by atoms with Crippen LogP contribution < -0.4 is 5.32 Å². The zero-order valence-corrected chi connectivity index (χ0v) is 14.3. The highest BCUT2D eigenvalue weighted by Gasteiger charge is 2.14. The summed E-state index contributed by atoms with van der Waals surface area (Å²) < 4.78 is 1.03. The predicted molar refractivity (Wildman–Crippen MR) is 89.8 cm³/mol. The molecule has 1 N–H and O–H groups in total. The van der Waals surface area contributed by atoms with Gasteiger partial charge in [0.25, 0.3) is 0 Å². The van der Waals surface area contributed by atoms with Crippen LogP contribution in [-0.4, -0.2) is 4.98 Å². The number of rotatable bonds is 2. The van der Waals surface area contributed by atoms with E-state index >= 15 is 0 Å². The van der Waals surface area contributed by atoms with Gasteiger partial charge in [0.05, 0.1) is 5.69 Å². The van der Waals surface area contributed by atoms with Crippen molar-refractivity contribution in [1.82, 2.24) is 4.98 Å². The molecule has 0 saturated heterocycles. The Kier molecular flexibility index (Phi) is 4.19. The van der Waals surface area contributed by atoms with Crippen molar-refractivity contribution in [2.45, 2.75) is 40.0 Å². The fourth-order valence-electron chi connectivity index (χ4n) is 2.02. The Morgan fingerprint density at radius 3 is 2.30 bits per heavy atom. The van der Waals surface area contributed by atoms with E-state index in [1.165, 1.54) is 11.1 Å². The molecule has 2 rings (SSSR count). The van der Waals surface area contributed by atoms with Crippen LogP contribution in [0.15, 0.2) is 34.8 Å². The van der Waals surface area contributed by atoms with Crippen molar-refractivity contribution < 1.29 is 0 Å². The van der Waals surface area contributed by atoms with Gasteiger partial charge in [-0.3, -0.25) is 0 Å². The van der Waals surface area contributed by atoms with Crippen LogP contribution in [0.3, 0.4) is 0 Å². The summed E-state index contributed by atoms with van der Waals surface area (Å²) in [6.07, 6.45) is 0. The standard InChI is InChI=1S/C17H21BrN2/c1-11-10-13(17(3,4)5)6-8-15(11)20-16-9-7-14(18)12(2)19-16/h6-10H,1-5H3,(H,19,20). The minimum atomic E-state index is 0.176. The van der Waals surface area contributed by atoms with Crippen molar-refractivity contribution in [3.8, 4) is 0 Å². The van der Waals surface area contributed by atoms with Crippen molar-refractivity contribution >= 4 is 27.4 Å². The number of benzene rings is 1. The molecule has 0 bridgehead atoms. The Labute approximate surface area is 129 Å². The smallest absolute Gasteiger partial charge is 0.130 e. The minimum Gasteiger partial charge on any atom is -0.340 e. The highest BCUT2D eigenvalue weighted by Crippen LogP contribution is 2.28. The van der Waals surface area contributed by atoms with Crippen LogP contribution in [0.25, 0.3) is 0 Å². The fourth-order valence-corrected chi connectivity index (χ4v) is 2.24. The molecule has 2 nitrogen and oxygen atoms in total. The molecule has 0 saturated carbocycles. The van der Waals surface area contributed by atoms with Gasteiger partial charge in [-0.05, 0) is 64.5 Å². The van der Waals surface area contributed by atoms with Crippen molar-refractivity contribution in [3.63, 3.8) is 0 Å². The molecule has 2 aromatic rings. The van der Waals surface area contributed by atoms with Crippen LogP contribution in [0.4, 0.5) is 11.5 Å². The summed E-state index contributed by atoms with van der Waals surface area (Å²) in [5.41, 5.74) is 4.85. The first-order valence-electron chi connectivity index (χ1n) is 6.78. The second kappa shape index (κ2) is 5.57. The molecule has 0 amide bonds. The molecular formula is C17H21BrN2. The van der Waals surface area contributed by atoms with Gasteiger partial charge >= 0.3 is 0 Å². The zero-order chi connectivity index (χ0) is 14.9. The van der Waals surface area contributed by atoms with Gasteiger partial charge in [-0.15, -0.1) is 0 Å². The van der Waals surface area contributed by atoms with E-state index in [0.717, 1.165) is 21.7 Å². The van der Waals surface area contributed by atoms with Gasteiger partial charge in [0.15, 0.2) is 0 Å². The summed E-state index contributed by atoms with van der Waals surface area (Å²) in [6, 6.07) is 10.6. The summed E-state index contributed by atoms with van der Waals surface area (Å²) in [5.74, 6) is 0.873. The van der Waals surface area contributed by atoms with Crippen LogP contribution >= 0.6 is 15.9 Å². The van der Waals surface area contributed by atoms with Crippen molar-refractivity contribution in [1.29, 1.82) is 0 Å². The molecule has 0 aliphatic carbocycles. The summed E-state index contributed by atoms with van der Waals surface area (Å²) in [7, 11) is 0. The van der Waals surface area contributed by atoms with Gasteiger partial charge in [-0.1, -0.05) is 32.9 Å². The molecule has 0 spiro atoms. The number of aryl methyl sites for hydroxylation is 2. The number of anilines is 2. The highest BCUT2D eigenvalue weighted by atomic mass is 79.9. The van der Waals surface area contributed by atoms with Gasteiger partial charge in [0.2, 0.25) is 0 Å². The molecule has 1 heterocycles. The van der Waals surface area contributed by atoms with Gasteiger partial charge in [0, 0.05) is 10.2 Å². The van der Waals surface area contributed by atoms with Crippen molar-refractivity contribution in [2.24, 2.45) is 0 Å². The molecule has 0 radical (unpaired) electrons. The van der Waals surface area contributed by atoms with Crippen molar-refractivity contribution in [3.05, 3.63) is 51.6 Å². The molecular weight excluding hydrogens is 312 g/mol. The molecule has 1 aromatic carbocycles. The van der Waals surface area contributed by atoms with Crippen LogP contribution in [0.2, 0.25) is 0 Å². The van der Waals surface area contributed by atoms with E-state index in [9.17, 15) is 0 Å². The topological polar surface area (TPSA) is 24.9 Å². The lowest BCUT2D eigenvalue weighted by Gasteiger charge is -2.21. The summed E-state index contributed by atoms with van der Waals surface area (Å²) >= 11 is 3.47. The number of halogens is 1. The average molecular weight is 333 g/mol. The highest BCUT2D eigenvalue weighted by molar-refractivity contribution is 9.10. The molecule has 3 heteroatoms. The molecule has 0 unspecified atom stereocenters. The monoisotopic (exact) mass is 332 g/mol. The molecule has 106 valence electrons. The lowest BCUT2D eigenvalue weighted by molar-refractivity contribution is 0.590. The maximum atomic E-state index is 4.52. The molecule has 0 aliphatic rings. The molecule has 0 atom stereocenters. The number of aromatic nitrogens is 1. The number of pyridine rings is 1. The quantitative estimate of drug-likeness (QED) is 0.785. The Bertz CT molecular complexity index is 627. The van der Waals surface area contributed by atoms with E-state index < -0.39 is 0 Å². The SMILES string of the molecule is Cc1cc(C(C)(C)C)ccc1Nc1ccc(Br)c(C)n1. The average Bonchev–Trinajstić information content (AvgIpc) is 2.35. The first-order valence-corrected chi connectivity index (χ1v) is 7.58. The van der Waals surface area contributed by atoms with Gasteiger partial charge < -0.3 is 5.32 Å². The first kappa shape index (κ1) is 15.0. The summed E-state index contributed by atoms with van der Waals surface area (Å²) in [4.78, 5) is 4.52. The van der Waals surface area contributed by atoms with Crippen LogP contribution in [-0.2, 0) is 5.41 Å². The van der Waals surface area contributed by atoms with Crippen LogP contribution in [0, 0.1) is 13.8 Å². The maximum absolute atomic E-state index is 4.52. The Morgan fingerprint density at radius 1 is 1.05 bits per heavy atom. The van der Waals surface area contributed by atoms with Gasteiger partial charge in [-0.2, -0.15) is 0 Å². The van der Waals surface area contributed by atoms with Crippen molar-refractivity contribution in [2.75, 3.05) is 5.32 Å². The van der Waals surface area contributed by atoms with E-state index in [0.29, 0.717) is 0 Å². The lowest BCUT2D eigenvalue weighted by Crippen LogP contribution is -2.11. The largest absolute Gasteiger partial charge is 0.340 e. The van der Waals surface area contributed by atoms with E-state index in [4.69, 9.17) is 0 Å². The van der Waals surface area contributed by atoms with E-state index in [2.05, 4.69) is 72.1 Å². The summed E-state index contributed by atoms with van der Waals surface area (Å²) in [5, 5.41) is 3.39. The third kappa shape index (κ3) is 3.40. The third-order valence-electron chi connectivity index (χ3n) is 3.38. The van der Waals surface area contributed by atoms with Gasteiger partial charge in [0.1, 0.15) is 5.82 Å². The predicted octanol–water partition coefficient (Wildman–Crippen LogP) is 5.50. The zero-order valence-electron chi connectivity index (χ0n) is 12.7. The number of nitrogens with zero attached hydrogens (tertiary/aromatic N) is 1. The van der Waals surface area contributed by atoms with Crippen LogP contribution in [0.5, 0.6) is 0 Å². The molecule has 0 aliphatic heterocycles. The fraction of sp³-hybridized carbons (Fsp3) is 0.353. The van der Waals surface area contributed by atoms with Gasteiger partial charge in [-0.25, -0.2) is 4.98 Å². The Morgan fingerprint density at radius 2 is 1.75 bits per heavy atom. The Hall–Kier alpha value is -1.35. The van der Waals surface area contributed by atoms with Crippen LogP contribution in [0.1, 0.15) is 37.6 Å². The molecule has 20 heavy (non-hydrogen) atoms. The maximum Gasteiger partial charge on any atom is 0.130 e. The second-order valence-electron chi connectivity index (χ2n) is 6.17. The Balaban J connectivity index is 2.28. The van der Waals surface area contributed by atoms with E-state index in [1.807, 2.05) is 19.1 Å².